The van der Waals surface area contributed by atoms with E-state index in [0.717, 1.165) is 19.0 Å². The minimum atomic E-state index is -1.02. The molecule has 110 valence electrons. The fourth-order valence-electron chi connectivity index (χ4n) is 2.20. The van der Waals surface area contributed by atoms with Crippen LogP contribution in [0.1, 0.15) is 18.7 Å². The molecule has 1 fully saturated rings. The lowest BCUT2D eigenvalue weighted by Gasteiger charge is -2.20. The molecular weight excluding hydrogens is 275 g/mol. The van der Waals surface area contributed by atoms with E-state index < -0.39 is 11.9 Å². The first-order valence-electron chi connectivity index (χ1n) is 6.72. The normalized spacial score (nSPS) is 14.2. The van der Waals surface area contributed by atoms with Crippen LogP contribution in [0, 0.1) is 18.7 Å². The summed E-state index contributed by atoms with van der Waals surface area (Å²) in [5.41, 5.74) is 1.02. The molecule has 1 N–H and O–H groups in total. The minimum absolute atomic E-state index is 0.419. The number of aromatic nitrogens is 3. The Hall–Kier alpha value is -2.44. The van der Waals surface area contributed by atoms with E-state index >= 15 is 0 Å². The smallest absolute Gasteiger partial charge is 0.426 e. The van der Waals surface area contributed by atoms with Gasteiger partial charge in [-0.25, -0.2) is 23.9 Å². The lowest BCUT2D eigenvalue weighted by molar-refractivity contribution is 0.193. The SMILES string of the molecule is Cc1nc(-c2cncc(F)c2)cn1N(CC1CC1)C(=O)O. The van der Waals surface area contributed by atoms with Crippen LogP contribution in [-0.2, 0) is 0 Å². The van der Waals surface area contributed by atoms with Gasteiger partial charge in [-0.15, -0.1) is 0 Å². The van der Waals surface area contributed by atoms with E-state index in [0.29, 0.717) is 29.5 Å². The van der Waals surface area contributed by atoms with Crippen molar-refractivity contribution < 1.29 is 14.3 Å². The summed E-state index contributed by atoms with van der Waals surface area (Å²) in [7, 11) is 0. The van der Waals surface area contributed by atoms with Gasteiger partial charge in [0, 0.05) is 18.3 Å². The predicted molar refractivity (Wildman–Crippen MR) is 74.0 cm³/mol. The number of aryl methyl sites for hydroxylation is 1. The Kier molecular flexibility index (Phi) is 3.32. The van der Waals surface area contributed by atoms with Crippen LogP contribution in [0.25, 0.3) is 11.3 Å². The molecule has 1 aliphatic carbocycles. The van der Waals surface area contributed by atoms with Crippen molar-refractivity contribution in [2.24, 2.45) is 5.92 Å². The van der Waals surface area contributed by atoms with Crippen LogP contribution in [0.4, 0.5) is 9.18 Å². The molecule has 1 aliphatic rings. The zero-order valence-electron chi connectivity index (χ0n) is 11.5. The van der Waals surface area contributed by atoms with Gasteiger partial charge < -0.3 is 5.11 Å². The molecule has 6 nitrogen and oxygen atoms in total. The minimum Gasteiger partial charge on any atom is -0.464 e. The van der Waals surface area contributed by atoms with Gasteiger partial charge in [0.2, 0.25) is 0 Å². The van der Waals surface area contributed by atoms with Crippen LogP contribution >= 0.6 is 0 Å². The summed E-state index contributed by atoms with van der Waals surface area (Å²) in [6.45, 7) is 2.17. The molecule has 3 rings (SSSR count). The molecule has 0 atom stereocenters. The molecule has 0 aliphatic heterocycles. The van der Waals surface area contributed by atoms with Crippen LogP contribution in [-0.4, -0.2) is 32.4 Å². The number of imidazole rings is 1. The highest BCUT2D eigenvalue weighted by atomic mass is 19.1. The number of carboxylic acid groups (broad SMARTS) is 1. The Morgan fingerprint density at radius 1 is 1.52 bits per heavy atom. The van der Waals surface area contributed by atoms with Crippen LogP contribution in [0.2, 0.25) is 0 Å². The first-order valence-corrected chi connectivity index (χ1v) is 6.72. The topological polar surface area (TPSA) is 71.2 Å². The second-order valence-electron chi connectivity index (χ2n) is 5.22. The highest BCUT2D eigenvalue weighted by molar-refractivity contribution is 5.76. The molecule has 21 heavy (non-hydrogen) atoms. The number of hydrogen-bond acceptors (Lipinski definition) is 3. The number of pyridine rings is 1. The van der Waals surface area contributed by atoms with Gasteiger partial charge in [-0.2, -0.15) is 0 Å². The van der Waals surface area contributed by atoms with E-state index in [2.05, 4.69) is 9.97 Å². The van der Waals surface area contributed by atoms with Gasteiger partial charge in [-0.05, 0) is 31.7 Å². The highest BCUT2D eigenvalue weighted by Crippen LogP contribution is 2.30. The summed E-state index contributed by atoms with van der Waals surface area (Å²) in [6, 6.07) is 1.32. The van der Waals surface area contributed by atoms with Crippen molar-refractivity contribution in [1.29, 1.82) is 0 Å². The van der Waals surface area contributed by atoms with E-state index in [9.17, 15) is 14.3 Å². The Morgan fingerprint density at radius 3 is 2.90 bits per heavy atom. The molecular formula is C14H15FN4O2. The molecule has 2 aromatic rings. The number of carbonyl (C=O) groups is 1. The third-order valence-corrected chi connectivity index (χ3v) is 3.47. The summed E-state index contributed by atoms with van der Waals surface area (Å²) >= 11 is 0. The molecule has 0 radical (unpaired) electrons. The van der Waals surface area contributed by atoms with Gasteiger partial charge in [-0.3, -0.25) is 4.98 Å². The van der Waals surface area contributed by atoms with Gasteiger partial charge in [0.05, 0.1) is 18.1 Å². The molecule has 2 heterocycles. The standard InChI is InChI=1S/C14H15FN4O2/c1-9-17-13(11-4-12(15)6-16-5-11)8-18(9)19(14(20)21)7-10-2-3-10/h4-6,8,10H,2-3,7H2,1H3,(H,20,21). The molecule has 0 saturated heterocycles. The fourth-order valence-corrected chi connectivity index (χ4v) is 2.20. The number of halogens is 1. The quantitative estimate of drug-likeness (QED) is 0.938. The molecule has 2 aromatic heterocycles. The summed E-state index contributed by atoms with van der Waals surface area (Å²) in [5.74, 6) is 0.507. The number of rotatable bonds is 4. The number of nitrogens with zero attached hydrogens (tertiary/aromatic N) is 4. The van der Waals surface area contributed by atoms with Crippen molar-refractivity contribution in [3.05, 3.63) is 36.3 Å². The van der Waals surface area contributed by atoms with Crippen LogP contribution in [0.5, 0.6) is 0 Å². The van der Waals surface area contributed by atoms with Crippen molar-refractivity contribution >= 4 is 6.09 Å². The van der Waals surface area contributed by atoms with Crippen molar-refractivity contribution in [3.8, 4) is 11.3 Å². The van der Waals surface area contributed by atoms with Crippen LogP contribution in [0.3, 0.4) is 0 Å². The monoisotopic (exact) mass is 290 g/mol. The number of amides is 1. The number of hydrogen-bond donors (Lipinski definition) is 1. The third kappa shape index (κ3) is 2.86. The van der Waals surface area contributed by atoms with Crippen LogP contribution < -0.4 is 5.01 Å². The predicted octanol–water partition coefficient (Wildman–Crippen LogP) is 2.42. The third-order valence-electron chi connectivity index (χ3n) is 3.47. The second kappa shape index (κ2) is 5.16. The molecule has 0 bridgehead atoms. The average Bonchev–Trinajstić information content (AvgIpc) is 3.18. The molecule has 1 saturated carbocycles. The fraction of sp³-hybridized carbons (Fsp3) is 0.357. The maximum atomic E-state index is 13.2. The maximum absolute atomic E-state index is 13.2. The summed E-state index contributed by atoms with van der Waals surface area (Å²) in [5, 5.41) is 10.6. The molecule has 7 heteroatoms. The Labute approximate surface area is 120 Å². The molecule has 0 unspecified atom stereocenters. The van der Waals surface area contributed by atoms with Crippen LogP contribution in [0.15, 0.2) is 24.7 Å². The second-order valence-corrected chi connectivity index (χ2v) is 5.22. The summed E-state index contributed by atoms with van der Waals surface area (Å²) in [4.78, 5) is 19.5. The highest BCUT2D eigenvalue weighted by Gasteiger charge is 2.28. The van der Waals surface area contributed by atoms with Crippen molar-refractivity contribution in [2.45, 2.75) is 19.8 Å². The first kappa shape index (κ1) is 13.5. The van der Waals surface area contributed by atoms with Gasteiger partial charge in [0.15, 0.2) is 0 Å². The van der Waals surface area contributed by atoms with E-state index in [1.54, 1.807) is 13.1 Å². The zero-order valence-corrected chi connectivity index (χ0v) is 11.5. The van der Waals surface area contributed by atoms with Gasteiger partial charge in [-0.1, -0.05) is 0 Å². The summed E-state index contributed by atoms with van der Waals surface area (Å²) in [6.07, 6.45) is 5.30. The molecule has 0 spiro atoms. The molecule has 1 amide bonds. The zero-order chi connectivity index (χ0) is 15.0. The van der Waals surface area contributed by atoms with E-state index in [4.69, 9.17) is 0 Å². The van der Waals surface area contributed by atoms with Crippen molar-refractivity contribution in [2.75, 3.05) is 11.6 Å². The van der Waals surface area contributed by atoms with Gasteiger partial charge in [0.1, 0.15) is 11.6 Å². The Morgan fingerprint density at radius 2 is 2.29 bits per heavy atom. The largest absolute Gasteiger partial charge is 0.464 e. The van der Waals surface area contributed by atoms with E-state index in [1.807, 2.05) is 0 Å². The van der Waals surface area contributed by atoms with E-state index in [-0.39, 0.29) is 0 Å². The summed E-state index contributed by atoms with van der Waals surface area (Å²) < 4.78 is 14.7. The average molecular weight is 290 g/mol. The maximum Gasteiger partial charge on any atom is 0.426 e. The Bertz CT molecular complexity index is 681. The van der Waals surface area contributed by atoms with E-state index in [1.165, 1.54) is 21.9 Å². The van der Waals surface area contributed by atoms with Crippen molar-refractivity contribution in [1.82, 2.24) is 14.6 Å². The lowest BCUT2D eigenvalue weighted by atomic mass is 10.2. The van der Waals surface area contributed by atoms with Gasteiger partial charge in [0.25, 0.3) is 0 Å². The lowest BCUT2D eigenvalue weighted by Crippen LogP contribution is -2.41. The van der Waals surface area contributed by atoms with Gasteiger partial charge >= 0.3 is 6.09 Å². The van der Waals surface area contributed by atoms with Crippen molar-refractivity contribution in [3.63, 3.8) is 0 Å². The molecule has 0 aromatic carbocycles. The Balaban J connectivity index is 1.94. The first-order chi connectivity index (χ1) is 10.0.